The lowest BCUT2D eigenvalue weighted by Crippen LogP contribution is -2.46. The van der Waals surface area contributed by atoms with Crippen molar-refractivity contribution in [1.82, 2.24) is 30.2 Å². The maximum Gasteiger partial charge on any atom is 0.481 e. The molecule has 2 aromatic heterocycles. The summed E-state index contributed by atoms with van der Waals surface area (Å²) >= 11 is 1.72. The lowest BCUT2D eigenvalue weighted by molar-refractivity contribution is -0.137. The minimum absolute atomic E-state index is 0.0344. The molecule has 0 spiro atoms. The van der Waals surface area contributed by atoms with Crippen molar-refractivity contribution in [3.63, 3.8) is 0 Å². The van der Waals surface area contributed by atoms with E-state index in [1.165, 1.54) is 13.8 Å². The van der Waals surface area contributed by atoms with Gasteiger partial charge in [-0.05, 0) is 5.92 Å². The summed E-state index contributed by atoms with van der Waals surface area (Å²) in [6.07, 6.45) is -6.71. The molecule has 53 heavy (non-hydrogen) atoms. The largest absolute Gasteiger partial charge is 0.481 e. The van der Waals surface area contributed by atoms with Crippen LogP contribution >= 0.6 is 35.2 Å². The van der Waals surface area contributed by atoms with E-state index in [2.05, 4.69) is 55.2 Å². The van der Waals surface area contributed by atoms with Crippen molar-refractivity contribution in [1.29, 1.82) is 0 Å². The van der Waals surface area contributed by atoms with E-state index in [0.717, 1.165) is 17.2 Å². The van der Waals surface area contributed by atoms with Crippen molar-refractivity contribution in [2.45, 2.75) is 76.9 Å². The Bertz CT molecular complexity index is 1710. The highest BCUT2D eigenvalue weighted by atomic mass is 32.2. The number of hydrogen-bond acceptors (Lipinski definition) is 17. The lowest BCUT2D eigenvalue weighted by Gasteiger charge is -2.30. The number of thioether (sulfide) groups is 1. The van der Waals surface area contributed by atoms with Gasteiger partial charge in [-0.15, -0.1) is 0 Å². The summed E-state index contributed by atoms with van der Waals surface area (Å²) in [5.41, 5.74) is 4.32. The number of aliphatic hydroxyl groups excluding tert-OH is 2. The molecule has 1 fully saturated rings. The fourth-order valence-corrected chi connectivity index (χ4v) is 8.37. The topological polar surface area (TPSA) is 347 Å². The van der Waals surface area contributed by atoms with Gasteiger partial charge < -0.3 is 50.9 Å². The molecule has 27 heteroatoms. The number of rotatable bonds is 21. The van der Waals surface area contributed by atoms with E-state index in [4.69, 9.17) is 19.5 Å². The number of aromatic nitrogens is 4. The average molecular weight is 838 g/mol. The first-order valence-electron chi connectivity index (χ1n) is 15.9. The molecule has 1 aliphatic rings. The van der Waals surface area contributed by atoms with Crippen molar-refractivity contribution in [2.75, 3.05) is 37.8 Å². The van der Waals surface area contributed by atoms with E-state index < -0.39 is 78.6 Å². The molecule has 8 atom stereocenters. The molecular formula is C26H46N7O16P3S. The molecule has 2 amide bonds. The Labute approximate surface area is 308 Å². The second-order valence-electron chi connectivity index (χ2n) is 12.9. The molecule has 8 unspecified atom stereocenters. The number of hydrogen-bond donors (Lipinski definition) is 9. The zero-order chi connectivity index (χ0) is 39.9. The second kappa shape index (κ2) is 18.7. The van der Waals surface area contributed by atoms with Crippen LogP contribution in [-0.2, 0) is 45.9 Å². The van der Waals surface area contributed by atoms with Crippen LogP contribution in [0, 0.1) is 11.3 Å². The molecule has 0 aromatic carbocycles. The Balaban J connectivity index is 1.52. The maximum absolute atomic E-state index is 12.7. The third kappa shape index (κ3) is 13.6. The number of nitrogen functional groups attached to an aromatic ring is 1. The van der Waals surface area contributed by atoms with Gasteiger partial charge in [0, 0.05) is 35.9 Å². The van der Waals surface area contributed by atoms with Crippen LogP contribution in [0.3, 0.4) is 0 Å². The number of phosphoric acid groups is 3. The normalized spacial score (nSPS) is 23.0. The highest BCUT2D eigenvalue weighted by molar-refractivity contribution is 7.99. The van der Waals surface area contributed by atoms with Gasteiger partial charge in [0.05, 0.1) is 19.5 Å². The van der Waals surface area contributed by atoms with E-state index in [9.17, 15) is 53.1 Å². The van der Waals surface area contributed by atoms with Crippen LogP contribution in [-0.4, -0.2) is 123 Å². The van der Waals surface area contributed by atoms with Gasteiger partial charge >= 0.3 is 23.5 Å². The van der Waals surface area contributed by atoms with E-state index >= 15 is 0 Å². The quantitative estimate of drug-likeness (QED) is 0.0598. The predicted molar refractivity (Wildman–Crippen MR) is 186 cm³/mol. The minimum Gasteiger partial charge on any atom is -0.386 e. The Kier molecular flexibility index (Phi) is 16.0. The second-order valence-corrected chi connectivity index (χ2v) is 18.6. The number of carbonyl (C=O) groups excluding carboxylic acids is 2. The molecule has 0 bridgehead atoms. The summed E-state index contributed by atoms with van der Waals surface area (Å²) in [6, 6.07) is 0. The molecule has 23 nitrogen and oxygen atoms in total. The number of imidazole rings is 1. The van der Waals surface area contributed by atoms with Crippen molar-refractivity contribution >= 4 is 64.0 Å². The van der Waals surface area contributed by atoms with Gasteiger partial charge in [-0.2, -0.15) is 16.1 Å². The van der Waals surface area contributed by atoms with Crippen LogP contribution in [0.1, 0.15) is 47.3 Å². The molecular weight excluding hydrogens is 791 g/mol. The first kappa shape index (κ1) is 45.3. The molecule has 3 heterocycles. The first-order valence-corrected chi connectivity index (χ1v) is 21.5. The van der Waals surface area contributed by atoms with Gasteiger partial charge in [0.2, 0.25) is 11.8 Å². The molecule has 0 radical (unpaired) electrons. The number of fused-ring (bicyclic) bond motifs is 1. The molecule has 0 saturated carbocycles. The Morgan fingerprint density at radius 1 is 1.06 bits per heavy atom. The van der Waals surface area contributed by atoms with Crippen LogP contribution in [0.4, 0.5) is 5.82 Å². The van der Waals surface area contributed by atoms with Crippen LogP contribution in [0.15, 0.2) is 12.7 Å². The molecule has 0 aliphatic carbocycles. The molecule has 10 N–H and O–H groups in total. The molecule has 1 saturated heterocycles. The SMILES string of the molecule is CC(C)C(C)SCCNC(=O)CCNC(=O)C(O)C(C)(C)COP(=O)(O)OP(=O)(O)OCC1OC(n2cnc3c(N)ncnc32)C(O)C1OP(=O)(O)O. The van der Waals surface area contributed by atoms with E-state index in [1.807, 2.05) is 0 Å². The summed E-state index contributed by atoms with van der Waals surface area (Å²) in [6.45, 7) is 7.21. The van der Waals surface area contributed by atoms with E-state index in [-0.39, 0.29) is 35.9 Å². The van der Waals surface area contributed by atoms with Crippen molar-refractivity contribution in [3.05, 3.63) is 12.7 Å². The zero-order valence-corrected chi connectivity index (χ0v) is 32.8. The Hall–Kier alpha value is -2.11. The number of nitrogens with zero attached hydrogens (tertiary/aromatic N) is 4. The van der Waals surface area contributed by atoms with Gasteiger partial charge in [-0.3, -0.25) is 27.7 Å². The van der Waals surface area contributed by atoms with E-state index in [1.54, 1.807) is 11.8 Å². The van der Waals surface area contributed by atoms with Gasteiger partial charge in [-0.1, -0.05) is 34.6 Å². The first-order chi connectivity index (χ1) is 24.4. The predicted octanol–water partition coefficient (Wildman–Crippen LogP) is 0.183. The number of nitrogens with one attached hydrogen (secondary N) is 2. The summed E-state index contributed by atoms with van der Waals surface area (Å²) in [5.74, 6) is -0.0730. The number of anilines is 1. The zero-order valence-electron chi connectivity index (χ0n) is 29.3. The fourth-order valence-electron chi connectivity index (χ4n) is 4.57. The van der Waals surface area contributed by atoms with Crippen LogP contribution < -0.4 is 16.4 Å². The van der Waals surface area contributed by atoms with Crippen molar-refractivity contribution in [2.24, 2.45) is 11.3 Å². The van der Waals surface area contributed by atoms with Gasteiger partial charge in [0.15, 0.2) is 17.7 Å². The summed E-state index contributed by atoms with van der Waals surface area (Å²) in [7, 11) is -16.3. The number of amides is 2. The van der Waals surface area contributed by atoms with Crippen molar-refractivity contribution in [3.8, 4) is 0 Å². The van der Waals surface area contributed by atoms with Crippen LogP contribution in [0.25, 0.3) is 11.2 Å². The van der Waals surface area contributed by atoms with Crippen LogP contribution in [0.2, 0.25) is 0 Å². The number of nitrogens with two attached hydrogens (primary N) is 1. The Morgan fingerprint density at radius 3 is 2.36 bits per heavy atom. The smallest absolute Gasteiger partial charge is 0.386 e. The highest BCUT2D eigenvalue weighted by Crippen LogP contribution is 2.61. The number of aliphatic hydroxyl groups is 2. The number of ether oxygens (including phenoxy) is 1. The van der Waals surface area contributed by atoms with Crippen LogP contribution in [0.5, 0.6) is 0 Å². The standard InChI is InChI=1S/C26H46N7O16P3S/c1-14(2)15(3)53-9-8-28-17(34)6-7-29-24(37)21(36)26(4,5)11-46-52(43,44)49-51(41,42)45-10-16-20(48-50(38,39)40)19(35)25(47-16)33-13-32-18-22(27)30-12-31-23(18)33/h12-16,19-21,25,35-36H,6-11H2,1-5H3,(H,28,34)(H,29,37)(H,41,42)(H,43,44)(H2,27,30,31)(H2,38,39,40). The third-order valence-corrected chi connectivity index (χ3v) is 12.4. The Morgan fingerprint density at radius 2 is 1.72 bits per heavy atom. The van der Waals surface area contributed by atoms with Crippen molar-refractivity contribution < 1.29 is 75.7 Å². The molecule has 302 valence electrons. The number of phosphoric ester groups is 3. The van der Waals surface area contributed by atoms with Gasteiger partial charge in [-0.25, -0.2) is 28.6 Å². The minimum atomic E-state index is -5.55. The summed E-state index contributed by atoms with van der Waals surface area (Å²) < 4.78 is 62.1. The number of carbonyl (C=O) groups is 2. The van der Waals surface area contributed by atoms with Gasteiger partial charge in [0.25, 0.3) is 0 Å². The summed E-state index contributed by atoms with van der Waals surface area (Å²) in [5, 5.41) is 27.0. The lowest BCUT2D eigenvalue weighted by atomic mass is 9.87. The average Bonchev–Trinajstić information content (AvgIpc) is 3.60. The molecule has 3 rings (SSSR count). The third-order valence-electron chi connectivity index (χ3n) is 7.82. The maximum atomic E-state index is 12.7. The summed E-state index contributed by atoms with van der Waals surface area (Å²) in [4.78, 5) is 75.5. The molecule has 2 aromatic rings. The van der Waals surface area contributed by atoms with Gasteiger partial charge in [0.1, 0.15) is 36.3 Å². The molecule has 1 aliphatic heterocycles. The monoisotopic (exact) mass is 837 g/mol. The van der Waals surface area contributed by atoms with E-state index in [0.29, 0.717) is 23.5 Å². The fraction of sp³-hybridized carbons (Fsp3) is 0.731. The highest BCUT2D eigenvalue weighted by Gasteiger charge is 2.50.